The van der Waals surface area contributed by atoms with Crippen molar-refractivity contribution in [2.24, 2.45) is 0 Å². The summed E-state index contributed by atoms with van der Waals surface area (Å²) in [7, 11) is 1.81. The minimum absolute atomic E-state index is 0.00247. The summed E-state index contributed by atoms with van der Waals surface area (Å²) < 4.78 is 5.28. The lowest BCUT2D eigenvalue weighted by Crippen LogP contribution is -2.36. The van der Waals surface area contributed by atoms with Gasteiger partial charge in [-0.2, -0.15) is 0 Å². The predicted octanol–water partition coefficient (Wildman–Crippen LogP) is 2.19. The lowest BCUT2D eigenvalue weighted by atomic mass is 10.1. The molecule has 2 N–H and O–H groups in total. The van der Waals surface area contributed by atoms with Crippen molar-refractivity contribution in [1.29, 1.82) is 0 Å². The van der Waals surface area contributed by atoms with Crippen molar-refractivity contribution >= 4 is 11.6 Å². The zero-order chi connectivity index (χ0) is 13.5. The Hall–Kier alpha value is -1.55. The van der Waals surface area contributed by atoms with Gasteiger partial charge in [-0.25, -0.2) is 0 Å². The van der Waals surface area contributed by atoms with Crippen LogP contribution in [0.15, 0.2) is 18.2 Å². The highest BCUT2D eigenvalue weighted by Gasteiger charge is 2.13. The Morgan fingerprint density at radius 2 is 2.17 bits per heavy atom. The molecular formula is C14H22N2O2. The first-order chi connectivity index (χ1) is 8.58. The van der Waals surface area contributed by atoms with Crippen LogP contribution in [0.25, 0.3) is 0 Å². The van der Waals surface area contributed by atoms with E-state index in [1.807, 2.05) is 46.0 Å². The number of nitrogens with one attached hydrogen (secondary N) is 2. The molecule has 1 amide bonds. The van der Waals surface area contributed by atoms with E-state index in [4.69, 9.17) is 4.74 Å². The molecule has 1 aromatic rings. The lowest BCUT2D eigenvalue weighted by molar-refractivity contribution is 0.0872. The zero-order valence-corrected chi connectivity index (χ0v) is 11.5. The molecule has 0 saturated heterocycles. The van der Waals surface area contributed by atoms with Gasteiger partial charge in [-0.1, -0.05) is 11.6 Å². The van der Waals surface area contributed by atoms with Crippen LogP contribution < -0.4 is 10.6 Å². The van der Waals surface area contributed by atoms with Crippen LogP contribution >= 0.6 is 0 Å². The highest BCUT2D eigenvalue weighted by atomic mass is 16.5. The van der Waals surface area contributed by atoms with Crippen LogP contribution in [-0.2, 0) is 4.74 Å². The normalized spacial score (nSPS) is 12.0. The maximum absolute atomic E-state index is 12.1. The van der Waals surface area contributed by atoms with Crippen LogP contribution in [0.3, 0.4) is 0 Å². The Morgan fingerprint density at radius 1 is 1.44 bits per heavy atom. The Balaban J connectivity index is 2.74. The Labute approximate surface area is 109 Å². The summed E-state index contributed by atoms with van der Waals surface area (Å²) >= 11 is 0. The van der Waals surface area contributed by atoms with E-state index >= 15 is 0 Å². The molecule has 0 aliphatic carbocycles. The molecule has 0 aliphatic heterocycles. The quantitative estimate of drug-likeness (QED) is 0.813. The highest BCUT2D eigenvalue weighted by molar-refractivity contribution is 5.99. The maximum Gasteiger partial charge on any atom is 0.253 e. The number of anilines is 1. The van der Waals surface area contributed by atoms with Crippen LogP contribution in [0.2, 0.25) is 0 Å². The van der Waals surface area contributed by atoms with Gasteiger partial charge < -0.3 is 15.4 Å². The third-order valence-electron chi connectivity index (χ3n) is 2.64. The second-order valence-corrected chi connectivity index (χ2v) is 4.33. The lowest BCUT2D eigenvalue weighted by Gasteiger charge is -2.15. The number of hydrogen-bond donors (Lipinski definition) is 2. The van der Waals surface area contributed by atoms with Gasteiger partial charge in [0.2, 0.25) is 0 Å². The summed E-state index contributed by atoms with van der Waals surface area (Å²) in [6.07, 6.45) is 0. The first-order valence-electron chi connectivity index (χ1n) is 6.25. The smallest absolute Gasteiger partial charge is 0.253 e. The van der Waals surface area contributed by atoms with Crippen molar-refractivity contribution in [3.63, 3.8) is 0 Å². The number of ether oxygens (including phenoxy) is 1. The highest BCUT2D eigenvalue weighted by Crippen LogP contribution is 2.16. The molecular weight excluding hydrogens is 228 g/mol. The summed E-state index contributed by atoms with van der Waals surface area (Å²) in [6, 6.07) is 5.78. The minimum atomic E-state index is -0.0738. The van der Waals surface area contributed by atoms with E-state index in [1.165, 1.54) is 0 Å². The summed E-state index contributed by atoms with van der Waals surface area (Å²) in [5.74, 6) is -0.0738. The fourth-order valence-electron chi connectivity index (χ4n) is 1.70. The van der Waals surface area contributed by atoms with Gasteiger partial charge in [0.05, 0.1) is 12.2 Å². The second-order valence-electron chi connectivity index (χ2n) is 4.33. The molecule has 0 aromatic heterocycles. The van der Waals surface area contributed by atoms with E-state index in [-0.39, 0.29) is 11.9 Å². The molecule has 0 heterocycles. The number of benzene rings is 1. The van der Waals surface area contributed by atoms with Crippen molar-refractivity contribution in [2.75, 3.05) is 25.6 Å². The molecule has 4 nitrogen and oxygen atoms in total. The molecule has 0 fully saturated rings. The van der Waals surface area contributed by atoms with Gasteiger partial charge in [-0.05, 0) is 32.9 Å². The maximum atomic E-state index is 12.1. The SMILES string of the molecule is CCOCC(C)NC(=O)c1cc(C)ccc1NC. The van der Waals surface area contributed by atoms with Gasteiger partial charge in [0.25, 0.3) is 5.91 Å². The van der Waals surface area contributed by atoms with E-state index in [1.54, 1.807) is 0 Å². The fourth-order valence-corrected chi connectivity index (χ4v) is 1.70. The molecule has 1 unspecified atom stereocenters. The van der Waals surface area contributed by atoms with Gasteiger partial charge in [0.15, 0.2) is 0 Å². The zero-order valence-electron chi connectivity index (χ0n) is 11.5. The fraction of sp³-hybridized carbons (Fsp3) is 0.500. The molecule has 0 radical (unpaired) electrons. The van der Waals surface area contributed by atoms with E-state index in [9.17, 15) is 4.79 Å². The van der Waals surface area contributed by atoms with E-state index in [0.717, 1.165) is 11.3 Å². The molecule has 0 aliphatic rings. The Kier molecular flexibility index (Phi) is 5.65. The van der Waals surface area contributed by atoms with Gasteiger partial charge in [-0.15, -0.1) is 0 Å². The van der Waals surface area contributed by atoms with Crippen molar-refractivity contribution in [3.05, 3.63) is 29.3 Å². The summed E-state index contributed by atoms with van der Waals surface area (Å²) in [4.78, 5) is 12.1. The van der Waals surface area contributed by atoms with Crippen LogP contribution in [-0.4, -0.2) is 32.2 Å². The van der Waals surface area contributed by atoms with Crippen LogP contribution in [0.4, 0.5) is 5.69 Å². The number of rotatable bonds is 6. The van der Waals surface area contributed by atoms with Crippen LogP contribution in [0.5, 0.6) is 0 Å². The summed E-state index contributed by atoms with van der Waals surface area (Å²) in [5, 5.41) is 5.96. The topological polar surface area (TPSA) is 50.4 Å². The van der Waals surface area contributed by atoms with Crippen LogP contribution in [0, 0.1) is 6.92 Å². The van der Waals surface area contributed by atoms with E-state index in [2.05, 4.69) is 10.6 Å². The number of aryl methyl sites for hydroxylation is 1. The Bertz CT molecular complexity index is 405. The number of amides is 1. The average Bonchev–Trinajstić information content (AvgIpc) is 2.36. The van der Waals surface area contributed by atoms with Crippen molar-refractivity contribution < 1.29 is 9.53 Å². The van der Waals surface area contributed by atoms with Crippen LogP contribution in [0.1, 0.15) is 29.8 Å². The molecule has 0 spiro atoms. The minimum Gasteiger partial charge on any atom is -0.387 e. The molecule has 0 bridgehead atoms. The number of carbonyl (C=O) groups is 1. The summed E-state index contributed by atoms with van der Waals surface area (Å²) in [6.45, 7) is 7.03. The summed E-state index contributed by atoms with van der Waals surface area (Å²) in [5.41, 5.74) is 2.57. The molecule has 18 heavy (non-hydrogen) atoms. The van der Waals surface area contributed by atoms with Crippen molar-refractivity contribution in [3.8, 4) is 0 Å². The monoisotopic (exact) mass is 250 g/mol. The molecule has 100 valence electrons. The first kappa shape index (κ1) is 14.5. The molecule has 1 aromatic carbocycles. The average molecular weight is 250 g/mol. The van der Waals surface area contributed by atoms with Crippen molar-refractivity contribution in [1.82, 2.24) is 5.32 Å². The third-order valence-corrected chi connectivity index (χ3v) is 2.64. The molecule has 1 atom stereocenters. The third kappa shape index (κ3) is 4.04. The van der Waals surface area contributed by atoms with Gasteiger partial charge in [0.1, 0.15) is 0 Å². The molecule has 4 heteroatoms. The largest absolute Gasteiger partial charge is 0.387 e. The van der Waals surface area contributed by atoms with Gasteiger partial charge >= 0.3 is 0 Å². The second kappa shape index (κ2) is 7.01. The molecule has 1 rings (SSSR count). The first-order valence-corrected chi connectivity index (χ1v) is 6.25. The van der Waals surface area contributed by atoms with Crippen molar-refractivity contribution in [2.45, 2.75) is 26.8 Å². The van der Waals surface area contributed by atoms with E-state index < -0.39 is 0 Å². The van der Waals surface area contributed by atoms with Gasteiger partial charge in [0, 0.05) is 25.4 Å². The molecule has 0 saturated carbocycles. The van der Waals surface area contributed by atoms with Gasteiger partial charge in [-0.3, -0.25) is 4.79 Å². The number of carbonyl (C=O) groups excluding carboxylic acids is 1. The standard InChI is InChI=1S/C14H22N2O2/c1-5-18-9-11(3)16-14(17)12-8-10(2)6-7-13(12)15-4/h6-8,11,15H,5,9H2,1-4H3,(H,16,17). The Morgan fingerprint density at radius 3 is 2.78 bits per heavy atom. The van der Waals surface area contributed by atoms with E-state index in [0.29, 0.717) is 18.8 Å². The number of hydrogen-bond acceptors (Lipinski definition) is 3. The predicted molar refractivity (Wildman–Crippen MR) is 74.1 cm³/mol.